The molecule has 0 spiro atoms. The molecule has 78 valence electrons. The summed E-state index contributed by atoms with van der Waals surface area (Å²) in [5, 5.41) is 0. The summed E-state index contributed by atoms with van der Waals surface area (Å²) in [7, 11) is 0. The Balaban J connectivity index is 2.75. The highest BCUT2D eigenvalue weighted by Gasteiger charge is 2.61. The van der Waals surface area contributed by atoms with Gasteiger partial charge in [0.2, 0.25) is 5.67 Å². The van der Waals surface area contributed by atoms with Gasteiger partial charge in [0.15, 0.2) is 0 Å². The lowest BCUT2D eigenvalue weighted by molar-refractivity contribution is -0.242. The fourth-order valence-corrected chi connectivity index (χ4v) is 1.99. The molecule has 1 nitrogen and oxygen atoms in total. The fourth-order valence-electron chi connectivity index (χ4n) is 1.99. The minimum Gasteiger partial charge on any atom is -0.330 e. The van der Waals surface area contributed by atoms with E-state index in [1.807, 2.05) is 0 Å². The molecule has 2 atom stereocenters. The van der Waals surface area contributed by atoms with Crippen molar-refractivity contribution in [3.63, 3.8) is 0 Å². The van der Waals surface area contributed by atoms with E-state index in [4.69, 9.17) is 5.73 Å². The Morgan fingerprint density at radius 1 is 1.38 bits per heavy atom. The van der Waals surface area contributed by atoms with Gasteiger partial charge in [-0.3, -0.25) is 0 Å². The molecule has 0 bridgehead atoms. The summed E-state index contributed by atoms with van der Waals surface area (Å²) >= 11 is 0. The van der Waals surface area contributed by atoms with Gasteiger partial charge in [0.1, 0.15) is 0 Å². The van der Waals surface area contributed by atoms with E-state index in [1.54, 1.807) is 0 Å². The fraction of sp³-hybridized carbons (Fsp3) is 1.00. The number of nitrogens with two attached hydrogens (primary N) is 1. The summed E-state index contributed by atoms with van der Waals surface area (Å²) in [5.41, 5.74) is 2.16. The molecular formula is C8H13F4N. The van der Waals surface area contributed by atoms with E-state index >= 15 is 0 Å². The third-order valence-corrected chi connectivity index (χ3v) is 2.73. The maximum atomic E-state index is 13.5. The predicted molar refractivity (Wildman–Crippen MR) is 40.9 cm³/mol. The van der Waals surface area contributed by atoms with Crippen LogP contribution in [0.1, 0.15) is 25.7 Å². The first-order valence-corrected chi connectivity index (χ1v) is 4.37. The maximum absolute atomic E-state index is 13.5. The van der Waals surface area contributed by atoms with E-state index < -0.39 is 24.2 Å². The Kier molecular flexibility index (Phi) is 2.85. The van der Waals surface area contributed by atoms with Crippen molar-refractivity contribution in [1.82, 2.24) is 0 Å². The molecule has 0 heterocycles. The van der Waals surface area contributed by atoms with Crippen LogP contribution in [0.2, 0.25) is 0 Å². The molecule has 2 unspecified atom stereocenters. The lowest BCUT2D eigenvalue weighted by atomic mass is 9.89. The van der Waals surface area contributed by atoms with Crippen LogP contribution in [0.15, 0.2) is 0 Å². The van der Waals surface area contributed by atoms with Gasteiger partial charge in [-0.2, -0.15) is 13.2 Å². The van der Waals surface area contributed by atoms with Crippen molar-refractivity contribution in [2.45, 2.75) is 37.5 Å². The van der Waals surface area contributed by atoms with Crippen molar-refractivity contribution in [3.8, 4) is 0 Å². The minimum atomic E-state index is -4.73. The molecule has 1 rings (SSSR count). The molecule has 5 heteroatoms. The van der Waals surface area contributed by atoms with Gasteiger partial charge in [-0.05, 0) is 32.2 Å². The molecule has 1 fully saturated rings. The molecule has 1 saturated carbocycles. The Labute approximate surface area is 74.3 Å². The van der Waals surface area contributed by atoms with Gasteiger partial charge in [-0.15, -0.1) is 0 Å². The molecule has 0 aliphatic heterocycles. The largest absolute Gasteiger partial charge is 0.422 e. The van der Waals surface area contributed by atoms with E-state index in [1.165, 1.54) is 0 Å². The molecule has 0 aromatic heterocycles. The van der Waals surface area contributed by atoms with Gasteiger partial charge in [0.05, 0.1) is 0 Å². The summed E-state index contributed by atoms with van der Waals surface area (Å²) in [4.78, 5) is 0. The quantitative estimate of drug-likeness (QED) is 0.679. The van der Waals surface area contributed by atoms with Gasteiger partial charge in [-0.25, -0.2) is 4.39 Å². The minimum absolute atomic E-state index is 0.117. The van der Waals surface area contributed by atoms with Crippen molar-refractivity contribution in [2.75, 3.05) is 6.54 Å². The Hall–Kier alpha value is -0.320. The molecule has 0 amide bonds. The lowest BCUT2D eigenvalue weighted by Crippen LogP contribution is -2.44. The highest BCUT2D eigenvalue weighted by atomic mass is 19.4. The molecular weight excluding hydrogens is 186 g/mol. The molecule has 1 aliphatic carbocycles. The third kappa shape index (κ3) is 1.80. The second kappa shape index (κ2) is 3.44. The van der Waals surface area contributed by atoms with Crippen LogP contribution < -0.4 is 5.73 Å². The van der Waals surface area contributed by atoms with E-state index in [0.717, 1.165) is 0 Å². The van der Waals surface area contributed by atoms with Crippen molar-refractivity contribution in [1.29, 1.82) is 0 Å². The number of hydrogen-bond acceptors (Lipinski definition) is 1. The molecule has 0 radical (unpaired) electrons. The number of rotatable bonds is 2. The Bertz CT molecular complexity index is 179. The van der Waals surface area contributed by atoms with Gasteiger partial charge < -0.3 is 5.73 Å². The molecule has 0 aromatic carbocycles. The zero-order valence-electron chi connectivity index (χ0n) is 7.20. The molecule has 0 saturated heterocycles. The topological polar surface area (TPSA) is 26.0 Å². The first-order chi connectivity index (χ1) is 5.92. The average molecular weight is 199 g/mol. The second-order valence-corrected chi connectivity index (χ2v) is 3.53. The van der Waals surface area contributed by atoms with E-state index in [0.29, 0.717) is 12.8 Å². The zero-order chi connectivity index (χ0) is 10.1. The second-order valence-electron chi connectivity index (χ2n) is 3.53. The highest BCUT2D eigenvalue weighted by Crippen LogP contribution is 2.50. The smallest absolute Gasteiger partial charge is 0.330 e. The van der Waals surface area contributed by atoms with Crippen molar-refractivity contribution in [3.05, 3.63) is 0 Å². The monoisotopic (exact) mass is 199 g/mol. The molecule has 1 aliphatic rings. The third-order valence-electron chi connectivity index (χ3n) is 2.73. The van der Waals surface area contributed by atoms with Crippen LogP contribution in [0.25, 0.3) is 0 Å². The molecule has 2 N–H and O–H groups in total. The molecule has 13 heavy (non-hydrogen) atoms. The van der Waals surface area contributed by atoms with Gasteiger partial charge >= 0.3 is 6.18 Å². The van der Waals surface area contributed by atoms with Crippen molar-refractivity contribution in [2.24, 2.45) is 11.7 Å². The van der Waals surface area contributed by atoms with Crippen LogP contribution >= 0.6 is 0 Å². The number of hydrogen-bond donors (Lipinski definition) is 1. The van der Waals surface area contributed by atoms with Crippen LogP contribution in [0.5, 0.6) is 0 Å². The molecule has 0 aromatic rings. The SMILES string of the molecule is NCCC1CCCC1(F)C(F)(F)F. The van der Waals surface area contributed by atoms with E-state index in [2.05, 4.69) is 0 Å². The predicted octanol–water partition coefficient (Wildman–Crippen LogP) is 2.41. The average Bonchev–Trinajstić information content (AvgIpc) is 2.33. The van der Waals surface area contributed by atoms with E-state index in [9.17, 15) is 17.6 Å². The van der Waals surface area contributed by atoms with Crippen molar-refractivity contribution >= 4 is 0 Å². The Morgan fingerprint density at radius 3 is 2.46 bits per heavy atom. The first kappa shape index (κ1) is 10.8. The van der Waals surface area contributed by atoms with Crippen LogP contribution in [0.3, 0.4) is 0 Å². The number of halogens is 4. The number of alkyl halides is 4. The normalized spacial score (nSPS) is 35.3. The van der Waals surface area contributed by atoms with Crippen LogP contribution in [0.4, 0.5) is 17.6 Å². The van der Waals surface area contributed by atoms with E-state index in [-0.39, 0.29) is 13.0 Å². The summed E-state index contributed by atoms with van der Waals surface area (Å²) in [5.74, 6) is -0.933. The maximum Gasteiger partial charge on any atom is 0.422 e. The summed E-state index contributed by atoms with van der Waals surface area (Å²) < 4.78 is 50.4. The van der Waals surface area contributed by atoms with Crippen molar-refractivity contribution < 1.29 is 17.6 Å². The Morgan fingerprint density at radius 2 is 2.00 bits per heavy atom. The standard InChI is InChI=1S/C8H13F4N/c9-7(8(10,11)12)4-1-2-6(7)3-5-13/h6H,1-5,13H2. The van der Waals surface area contributed by atoms with Crippen LogP contribution in [-0.4, -0.2) is 18.4 Å². The van der Waals surface area contributed by atoms with Gasteiger partial charge in [-0.1, -0.05) is 0 Å². The lowest BCUT2D eigenvalue weighted by Gasteiger charge is -2.29. The van der Waals surface area contributed by atoms with Gasteiger partial charge in [0, 0.05) is 5.92 Å². The van der Waals surface area contributed by atoms with Gasteiger partial charge in [0.25, 0.3) is 0 Å². The zero-order valence-corrected chi connectivity index (χ0v) is 7.20. The first-order valence-electron chi connectivity index (χ1n) is 4.37. The summed E-state index contributed by atoms with van der Waals surface area (Å²) in [6.07, 6.45) is -4.41. The summed E-state index contributed by atoms with van der Waals surface area (Å²) in [6, 6.07) is 0. The highest BCUT2D eigenvalue weighted by molar-refractivity contribution is 4.98. The van der Waals surface area contributed by atoms with Crippen LogP contribution in [-0.2, 0) is 0 Å². The summed E-state index contributed by atoms with van der Waals surface area (Å²) in [6.45, 7) is 0.117. The van der Waals surface area contributed by atoms with Crippen LogP contribution in [0, 0.1) is 5.92 Å².